The van der Waals surface area contributed by atoms with E-state index in [9.17, 15) is 9.59 Å². The van der Waals surface area contributed by atoms with Crippen LogP contribution in [-0.4, -0.2) is 24.9 Å². The van der Waals surface area contributed by atoms with Crippen molar-refractivity contribution < 1.29 is 9.59 Å². The first kappa shape index (κ1) is 18.2. The van der Waals surface area contributed by atoms with Gasteiger partial charge in [-0.3, -0.25) is 9.59 Å². The maximum atomic E-state index is 11.7. The number of aryl methyl sites for hydroxylation is 1. The number of amides is 2. The first-order valence-corrected chi connectivity index (χ1v) is 7.98. The van der Waals surface area contributed by atoms with Gasteiger partial charge in [0, 0.05) is 24.9 Å². The molecule has 1 aromatic rings. The standard InChI is InChI=1S/C18H28N2O2/c1-18(2,3)17(22)20-14-8-12-16(21)19-13-7-11-15-9-5-4-6-10-15/h4-6,9-10H,7-8,11-14H2,1-3H3,(H,19,21)(H,20,22). The van der Waals surface area contributed by atoms with Gasteiger partial charge in [-0.05, 0) is 24.8 Å². The van der Waals surface area contributed by atoms with Gasteiger partial charge >= 0.3 is 0 Å². The van der Waals surface area contributed by atoms with Gasteiger partial charge in [0.2, 0.25) is 11.8 Å². The van der Waals surface area contributed by atoms with Crippen LogP contribution in [0, 0.1) is 5.41 Å². The summed E-state index contributed by atoms with van der Waals surface area (Å²) in [6, 6.07) is 10.3. The molecule has 0 saturated carbocycles. The molecule has 2 N–H and O–H groups in total. The van der Waals surface area contributed by atoms with Crippen molar-refractivity contribution >= 4 is 11.8 Å². The van der Waals surface area contributed by atoms with Gasteiger partial charge in [0.1, 0.15) is 0 Å². The van der Waals surface area contributed by atoms with Gasteiger partial charge < -0.3 is 10.6 Å². The minimum atomic E-state index is -0.375. The predicted molar refractivity (Wildman–Crippen MR) is 89.5 cm³/mol. The molecule has 0 aliphatic carbocycles. The summed E-state index contributed by atoms with van der Waals surface area (Å²) in [5, 5.41) is 5.77. The first-order valence-electron chi connectivity index (χ1n) is 7.98. The van der Waals surface area contributed by atoms with E-state index in [1.54, 1.807) is 0 Å². The summed E-state index contributed by atoms with van der Waals surface area (Å²) in [7, 11) is 0. The van der Waals surface area contributed by atoms with Crippen molar-refractivity contribution in [1.82, 2.24) is 10.6 Å². The van der Waals surface area contributed by atoms with Crippen molar-refractivity contribution in [3.05, 3.63) is 35.9 Å². The fourth-order valence-electron chi connectivity index (χ4n) is 1.97. The van der Waals surface area contributed by atoms with E-state index in [-0.39, 0.29) is 17.2 Å². The largest absolute Gasteiger partial charge is 0.356 e. The highest BCUT2D eigenvalue weighted by atomic mass is 16.2. The molecule has 0 spiro atoms. The zero-order valence-corrected chi connectivity index (χ0v) is 13.9. The second kappa shape index (κ2) is 9.23. The second-order valence-electron chi connectivity index (χ2n) is 6.55. The van der Waals surface area contributed by atoms with Gasteiger partial charge in [0.15, 0.2) is 0 Å². The lowest BCUT2D eigenvalue weighted by molar-refractivity contribution is -0.128. The van der Waals surface area contributed by atoms with E-state index >= 15 is 0 Å². The summed E-state index contributed by atoms with van der Waals surface area (Å²) in [6.07, 6.45) is 3.04. The molecule has 0 aromatic heterocycles. The van der Waals surface area contributed by atoms with E-state index in [0.717, 1.165) is 12.8 Å². The third-order valence-corrected chi connectivity index (χ3v) is 3.35. The third-order valence-electron chi connectivity index (χ3n) is 3.35. The fraction of sp³-hybridized carbons (Fsp3) is 0.556. The Morgan fingerprint density at radius 2 is 1.59 bits per heavy atom. The fourth-order valence-corrected chi connectivity index (χ4v) is 1.97. The maximum Gasteiger partial charge on any atom is 0.225 e. The van der Waals surface area contributed by atoms with Crippen molar-refractivity contribution in [2.75, 3.05) is 13.1 Å². The minimum absolute atomic E-state index is 0.0239. The normalized spacial score (nSPS) is 11.0. The van der Waals surface area contributed by atoms with Gasteiger partial charge in [-0.15, -0.1) is 0 Å². The number of carbonyl (C=O) groups excluding carboxylic acids is 2. The molecule has 4 nitrogen and oxygen atoms in total. The van der Waals surface area contributed by atoms with Crippen molar-refractivity contribution in [3.8, 4) is 0 Å². The van der Waals surface area contributed by atoms with Crippen molar-refractivity contribution in [3.63, 3.8) is 0 Å². The van der Waals surface area contributed by atoms with E-state index in [2.05, 4.69) is 22.8 Å². The van der Waals surface area contributed by atoms with Gasteiger partial charge in [-0.25, -0.2) is 0 Å². The Morgan fingerprint density at radius 1 is 0.955 bits per heavy atom. The Bertz CT molecular complexity index is 464. The van der Waals surface area contributed by atoms with E-state index in [1.807, 2.05) is 39.0 Å². The van der Waals surface area contributed by atoms with Gasteiger partial charge in [0.05, 0.1) is 0 Å². The molecular formula is C18H28N2O2. The lowest BCUT2D eigenvalue weighted by Gasteiger charge is -2.17. The molecule has 0 heterocycles. The SMILES string of the molecule is CC(C)(C)C(=O)NCCCC(=O)NCCCc1ccccc1. The zero-order valence-electron chi connectivity index (χ0n) is 13.9. The highest BCUT2D eigenvalue weighted by molar-refractivity contribution is 5.81. The smallest absolute Gasteiger partial charge is 0.225 e. The Balaban J connectivity index is 2.03. The van der Waals surface area contributed by atoms with Gasteiger partial charge in [-0.2, -0.15) is 0 Å². The van der Waals surface area contributed by atoms with Crippen LogP contribution in [0.1, 0.15) is 45.6 Å². The van der Waals surface area contributed by atoms with E-state index < -0.39 is 0 Å². The summed E-state index contributed by atoms with van der Waals surface area (Å²) in [5.74, 6) is 0.0776. The second-order valence-corrected chi connectivity index (χ2v) is 6.55. The summed E-state index contributed by atoms with van der Waals surface area (Å²) in [4.78, 5) is 23.3. The van der Waals surface area contributed by atoms with Crippen LogP contribution in [0.4, 0.5) is 0 Å². The minimum Gasteiger partial charge on any atom is -0.356 e. The third kappa shape index (κ3) is 7.81. The number of carbonyl (C=O) groups is 2. The van der Waals surface area contributed by atoms with Crippen LogP contribution < -0.4 is 10.6 Å². The van der Waals surface area contributed by atoms with Crippen LogP contribution >= 0.6 is 0 Å². The molecule has 4 heteroatoms. The monoisotopic (exact) mass is 304 g/mol. The van der Waals surface area contributed by atoms with Crippen LogP contribution in [0.5, 0.6) is 0 Å². The number of hydrogen-bond acceptors (Lipinski definition) is 2. The van der Waals surface area contributed by atoms with E-state index in [0.29, 0.717) is 25.9 Å². The average molecular weight is 304 g/mol. The Labute approximate surface area is 133 Å². The number of benzene rings is 1. The summed E-state index contributed by atoms with van der Waals surface area (Å²) in [5.41, 5.74) is 0.918. The summed E-state index contributed by atoms with van der Waals surface area (Å²) >= 11 is 0. The van der Waals surface area contributed by atoms with Crippen molar-refractivity contribution in [2.45, 2.75) is 46.5 Å². The molecule has 0 aliphatic heterocycles. The van der Waals surface area contributed by atoms with Crippen LogP contribution in [-0.2, 0) is 16.0 Å². The molecule has 0 bridgehead atoms. The molecule has 0 atom stereocenters. The molecule has 0 unspecified atom stereocenters. The molecular weight excluding hydrogens is 276 g/mol. The highest BCUT2D eigenvalue weighted by Crippen LogP contribution is 2.12. The first-order chi connectivity index (χ1) is 10.4. The molecule has 1 aromatic carbocycles. The Morgan fingerprint density at radius 3 is 2.23 bits per heavy atom. The van der Waals surface area contributed by atoms with Gasteiger partial charge in [-0.1, -0.05) is 51.1 Å². The topological polar surface area (TPSA) is 58.2 Å². The molecule has 0 fully saturated rings. The number of rotatable bonds is 8. The molecule has 122 valence electrons. The number of nitrogens with one attached hydrogen (secondary N) is 2. The van der Waals surface area contributed by atoms with Crippen molar-refractivity contribution in [2.24, 2.45) is 5.41 Å². The van der Waals surface area contributed by atoms with Crippen LogP contribution in [0.25, 0.3) is 0 Å². The zero-order chi connectivity index (χ0) is 16.4. The maximum absolute atomic E-state index is 11.7. The van der Waals surface area contributed by atoms with E-state index in [4.69, 9.17) is 0 Å². The van der Waals surface area contributed by atoms with Gasteiger partial charge in [0.25, 0.3) is 0 Å². The predicted octanol–water partition coefficient (Wildman–Crippen LogP) is 2.68. The van der Waals surface area contributed by atoms with Crippen LogP contribution in [0.15, 0.2) is 30.3 Å². The molecule has 22 heavy (non-hydrogen) atoms. The lowest BCUT2D eigenvalue weighted by Crippen LogP contribution is -2.35. The van der Waals surface area contributed by atoms with Crippen molar-refractivity contribution in [1.29, 1.82) is 0 Å². The molecule has 0 saturated heterocycles. The Hall–Kier alpha value is -1.84. The summed E-state index contributed by atoms with van der Waals surface area (Å²) < 4.78 is 0. The molecule has 0 aliphatic rings. The van der Waals surface area contributed by atoms with Crippen LogP contribution in [0.2, 0.25) is 0 Å². The Kier molecular flexibility index (Phi) is 7.64. The molecule has 1 rings (SSSR count). The highest BCUT2D eigenvalue weighted by Gasteiger charge is 2.20. The van der Waals surface area contributed by atoms with E-state index in [1.165, 1.54) is 5.56 Å². The molecule has 2 amide bonds. The summed E-state index contributed by atoms with van der Waals surface area (Å²) in [6.45, 7) is 6.88. The molecule has 0 radical (unpaired) electrons. The average Bonchev–Trinajstić information content (AvgIpc) is 2.48. The lowest BCUT2D eigenvalue weighted by atomic mass is 9.96. The quantitative estimate of drug-likeness (QED) is 0.725. The number of hydrogen-bond donors (Lipinski definition) is 2. The van der Waals surface area contributed by atoms with Crippen LogP contribution in [0.3, 0.4) is 0 Å².